The minimum absolute atomic E-state index is 0.0970. The van der Waals surface area contributed by atoms with Crippen molar-refractivity contribution in [1.82, 2.24) is 9.80 Å². The lowest BCUT2D eigenvalue weighted by atomic mass is 10.0. The summed E-state index contributed by atoms with van der Waals surface area (Å²) in [6, 6.07) is 17.2. The maximum atomic E-state index is 13.2. The van der Waals surface area contributed by atoms with Crippen molar-refractivity contribution in [2.45, 2.75) is 32.7 Å². The largest absolute Gasteiger partial charge is 0.492 e. The zero-order valence-electron chi connectivity index (χ0n) is 21.2. The minimum atomic E-state index is 0.0970. The molecule has 1 amide bonds. The number of hydrogen-bond donors (Lipinski definition) is 0. The Hall–Kier alpha value is -3.38. The van der Waals surface area contributed by atoms with Crippen molar-refractivity contribution in [2.75, 3.05) is 50.8 Å². The Morgan fingerprint density at radius 2 is 1.72 bits per heavy atom. The summed E-state index contributed by atoms with van der Waals surface area (Å²) >= 11 is 0. The standard InChI is InChI=1S/C30H34N4O2/c1-21-5-7-25(8-6-21)33-12-10-32(11-13-33)14-15-36-29-19-24-17-27-28(18-23(24)16-22(29)2)31-20-26-4-3-9-34(26)30(27)35/h5-8,16-20,26H,3-4,9-15H2,1-2H3/t26-/m0/s1. The molecule has 0 radical (unpaired) electrons. The topological polar surface area (TPSA) is 48.4 Å². The lowest BCUT2D eigenvalue weighted by Gasteiger charge is -2.36. The number of aryl methyl sites for hydroxylation is 2. The second kappa shape index (κ2) is 9.58. The van der Waals surface area contributed by atoms with Gasteiger partial charge in [-0.2, -0.15) is 0 Å². The maximum absolute atomic E-state index is 13.2. The number of amides is 1. The lowest BCUT2D eigenvalue weighted by Crippen LogP contribution is -2.47. The summed E-state index contributed by atoms with van der Waals surface area (Å²) in [4.78, 5) is 24.8. The fourth-order valence-corrected chi connectivity index (χ4v) is 5.65. The normalized spacial score (nSPS) is 19.9. The molecule has 0 N–H and O–H groups in total. The molecule has 0 aliphatic carbocycles. The van der Waals surface area contributed by atoms with Gasteiger partial charge in [0.2, 0.25) is 0 Å². The van der Waals surface area contributed by atoms with E-state index in [1.807, 2.05) is 23.2 Å². The summed E-state index contributed by atoms with van der Waals surface area (Å²) in [6.45, 7) is 10.8. The van der Waals surface area contributed by atoms with Crippen LogP contribution in [0.2, 0.25) is 0 Å². The zero-order valence-corrected chi connectivity index (χ0v) is 21.2. The van der Waals surface area contributed by atoms with Crippen molar-refractivity contribution in [2.24, 2.45) is 4.99 Å². The van der Waals surface area contributed by atoms with Crippen molar-refractivity contribution in [3.63, 3.8) is 0 Å². The van der Waals surface area contributed by atoms with Gasteiger partial charge in [0.25, 0.3) is 5.91 Å². The highest BCUT2D eigenvalue weighted by Gasteiger charge is 2.31. The third-order valence-corrected chi connectivity index (χ3v) is 7.86. The van der Waals surface area contributed by atoms with Gasteiger partial charge in [-0.05, 0) is 79.4 Å². The van der Waals surface area contributed by atoms with Gasteiger partial charge in [-0.25, -0.2) is 0 Å². The number of piperazine rings is 1. The fraction of sp³-hybridized carbons (Fsp3) is 0.400. The van der Waals surface area contributed by atoms with Crippen LogP contribution in [0.5, 0.6) is 5.75 Å². The first-order valence-corrected chi connectivity index (χ1v) is 13.2. The molecule has 1 atom stereocenters. The van der Waals surface area contributed by atoms with E-state index in [1.54, 1.807) is 0 Å². The molecule has 6 rings (SSSR count). The first kappa shape index (κ1) is 23.0. The van der Waals surface area contributed by atoms with Crippen molar-refractivity contribution in [3.05, 3.63) is 65.2 Å². The molecular weight excluding hydrogens is 448 g/mol. The van der Waals surface area contributed by atoms with Crippen LogP contribution in [0.25, 0.3) is 10.8 Å². The van der Waals surface area contributed by atoms with Crippen LogP contribution in [0.1, 0.15) is 34.3 Å². The molecule has 3 aliphatic rings. The maximum Gasteiger partial charge on any atom is 0.256 e. The highest BCUT2D eigenvalue weighted by atomic mass is 16.5. The van der Waals surface area contributed by atoms with Crippen molar-refractivity contribution in [1.29, 1.82) is 0 Å². The number of aliphatic imine (C=N–C) groups is 1. The van der Waals surface area contributed by atoms with E-state index in [2.05, 4.69) is 65.0 Å². The number of anilines is 1. The van der Waals surface area contributed by atoms with Gasteiger partial charge in [-0.3, -0.25) is 14.7 Å². The van der Waals surface area contributed by atoms with E-state index < -0.39 is 0 Å². The number of fused-ring (bicyclic) bond motifs is 3. The molecule has 3 aromatic carbocycles. The second-order valence-electron chi connectivity index (χ2n) is 10.3. The van der Waals surface area contributed by atoms with Crippen molar-refractivity contribution < 1.29 is 9.53 Å². The number of nitrogens with zero attached hydrogens (tertiary/aromatic N) is 4. The quantitative estimate of drug-likeness (QED) is 0.515. The fourth-order valence-electron chi connectivity index (χ4n) is 5.65. The molecule has 0 bridgehead atoms. The van der Waals surface area contributed by atoms with Crippen molar-refractivity contribution >= 4 is 34.3 Å². The monoisotopic (exact) mass is 482 g/mol. The van der Waals surface area contributed by atoms with Gasteiger partial charge in [0.05, 0.1) is 17.3 Å². The number of ether oxygens (including phenoxy) is 1. The van der Waals surface area contributed by atoms with Crippen LogP contribution in [-0.2, 0) is 0 Å². The Labute approximate surface area is 213 Å². The molecule has 6 heteroatoms. The van der Waals surface area contributed by atoms with E-state index in [1.165, 1.54) is 11.3 Å². The van der Waals surface area contributed by atoms with Gasteiger partial charge < -0.3 is 14.5 Å². The van der Waals surface area contributed by atoms with Crippen LogP contribution in [0.4, 0.5) is 11.4 Å². The van der Waals surface area contributed by atoms with Crippen molar-refractivity contribution in [3.8, 4) is 5.75 Å². The van der Waals surface area contributed by atoms with Crippen LogP contribution in [0.3, 0.4) is 0 Å². The van der Waals surface area contributed by atoms with Crippen LogP contribution in [0, 0.1) is 13.8 Å². The number of benzene rings is 3. The Balaban J connectivity index is 1.10. The number of carbonyl (C=O) groups is 1. The zero-order chi connectivity index (χ0) is 24.6. The molecule has 3 aromatic rings. The predicted octanol–water partition coefficient (Wildman–Crippen LogP) is 4.98. The minimum Gasteiger partial charge on any atom is -0.492 e. The highest BCUT2D eigenvalue weighted by Crippen LogP contribution is 2.34. The van der Waals surface area contributed by atoms with E-state index in [9.17, 15) is 4.79 Å². The van der Waals surface area contributed by atoms with E-state index in [-0.39, 0.29) is 11.9 Å². The third-order valence-electron chi connectivity index (χ3n) is 7.86. The molecule has 0 spiro atoms. The van der Waals surface area contributed by atoms with Gasteiger partial charge in [0.1, 0.15) is 12.4 Å². The predicted molar refractivity (Wildman–Crippen MR) is 146 cm³/mol. The summed E-state index contributed by atoms with van der Waals surface area (Å²) in [7, 11) is 0. The highest BCUT2D eigenvalue weighted by molar-refractivity contribution is 6.06. The average molecular weight is 483 g/mol. The van der Waals surface area contributed by atoms with Gasteiger partial charge in [0.15, 0.2) is 0 Å². The van der Waals surface area contributed by atoms with E-state index in [0.29, 0.717) is 12.2 Å². The molecule has 2 saturated heterocycles. The number of hydrogen-bond acceptors (Lipinski definition) is 5. The SMILES string of the molecule is Cc1ccc(N2CCN(CCOc3cc4cc5c(cc4cc3C)N=C[C@@H]3CCCN3C5=O)CC2)cc1. The van der Waals surface area contributed by atoms with Gasteiger partial charge >= 0.3 is 0 Å². The van der Waals surface area contributed by atoms with E-state index in [0.717, 1.165) is 79.9 Å². The lowest BCUT2D eigenvalue weighted by molar-refractivity contribution is 0.0775. The summed E-state index contributed by atoms with van der Waals surface area (Å²) in [5.41, 5.74) is 5.19. The van der Waals surface area contributed by atoms with Crippen LogP contribution >= 0.6 is 0 Å². The summed E-state index contributed by atoms with van der Waals surface area (Å²) in [6.07, 6.45) is 4.00. The number of carbonyl (C=O) groups excluding carboxylic acids is 1. The molecule has 3 aliphatic heterocycles. The van der Waals surface area contributed by atoms with Crippen LogP contribution < -0.4 is 9.64 Å². The molecule has 36 heavy (non-hydrogen) atoms. The Morgan fingerprint density at radius 1 is 0.944 bits per heavy atom. The first-order valence-electron chi connectivity index (χ1n) is 13.2. The second-order valence-corrected chi connectivity index (χ2v) is 10.3. The molecule has 6 nitrogen and oxygen atoms in total. The number of rotatable bonds is 5. The Kier molecular flexibility index (Phi) is 6.13. The molecule has 0 saturated carbocycles. The van der Waals surface area contributed by atoms with Gasteiger partial charge in [0, 0.05) is 51.2 Å². The Morgan fingerprint density at radius 3 is 2.53 bits per heavy atom. The smallest absolute Gasteiger partial charge is 0.256 e. The summed E-state index contributed by atoms with van der Waals surface area (Å²) in [5, 5.41) is 2.13. The molecular formula is C30H34N4O2. The molecule has 2 fully saturated rings. The molecule has 0 unspecified atom stereocenters. The van der Waals surface area contributed by atoms with E-state index in [4.69, 9.17) is 4.74 Å². The van der Waals surface area contributed by atoms with Crippen LogP contribution in [-0.4, -0.2) is 73.8 Å². The first-order chi connectivity index (χ1) is 17.5. The van der Waals surface area contributed by atoms with Gasteiger partial charge in [-0.1, -0.05) is 17.7 Å². The molecule has 3 heterocycles. The van der Waals surface area contributed by atoms with Crippen LogP contribution in [0.15, 0.2) is 53.5 Å². The average Bonchev–Trinajstić information content (AvgIpc) is 3.32. The summed E-state index contributed by atoms with van der Waals surface area (Å²) < 4.78 is 6.26. The molecule has 0 aromatic heterocycles. The Bertz CT molecular complexity index is 1310. The third kappa shape index (κ3) is 4.46. The summed E-state index contributed by atoms with van der Waals surface area (Å²) in [5.74, 6) is 0.990. The van der Waals surface area contributed by atoms with E-state index >= 15 is 0 Å². The van der Waals surface area contributed by atoms with Gasteiger partial charge in [-0.15, -0.1) is 0 Å². The molecule has 186 valence electrons.